The van der Waals surface area contributed by atoms with Crippen molar-refractivity contribution in [1.29, 1.82) is 0 Å². The van der Waals surface area contributed by atoms with Gasteiger partial charge in [-0.25, -0.2) is 4.99 Å². The van der Waals surface area contributed by atoms with Crippen LogP contribution in [0.2, 0.25) is 0 Å². The van der Waals surface area contributed by atoms with Gasteiger partial charge in [0.1, 0.15) is 5.82 Å². The fourth-order valence-electron chi connectivity index (χ4n) is 0.979. The maximum absolute atomic E-state index is 5.69. The summed E-state index contributed by atoms with van der Waals surface area (Å²) in [6, 6.07) is 7.66. The molecule has 0 radical (unpaired) electrons. The van der Waals surface area contributed by atoms with Gasteiger partial charge in [0.25, 0.3) is 0 Å². The van der Waals surface area contributed by atoms with Crippen molar-refractivity contribution in [3.8, 4) is 0 Å². The van der Waals surface area contributed by atoms with E-state index in [0.29, 0.717) is 5.82 Å². The van der Waals surface area contributed by atoms with Crippen LogP contribution >= 0.6 is 0 Å². The second-order valence-corrected chi connectivity index (χ2v) is 2.43. The van der Waals surface area contributed by atoms with Crippen LogP contribution in [0, 0.1) is 0 Å². The molecule has 2 heteroatoms. The van der Waals surface area contributed by atoms with Gasteiger partial charge in [0.15, 0.2) is 0 Å². The first kappa shape index (κ1) is 8.53. The molecule has 0 saturated heterocycles. The van der Waals surface area contributed by atoms with E-state index in [-0.39, 0.29) is 0 Å². The Hall–Kier alpha value is -1.57. The highest BCUT2D eigenvalue weighted by Gasteiger charge is 1.86. The van der Waals surface area contributed by atoms with Gasteiger partial charge in [-0.2, -0.15) is 0 Å². The Labute approximate surface area is 71.7 Å². The normalized spacial score (nSPS) is 13.4. The maximum Gasteiger partial charge on any atom is 0.130 e. The molecule has 1 rings (SSSR count). The number of nitrogens with zero attached hydrogens (tertiary/aromatic N) is 1. The van der Waals surface area contributed by atoms with E-state index in [2.05, 4.69) is 11.6 Å². The van der Waals surface area contributed by atoms with Gasteiger partial charge in [-0.3, -0.25) is 0 Å². The van der Waals surface area contributed by atoms with Gasteiger partial charge in [-0.1, -0.05) is 30.8 Å². The molecule has 0 fully saturated rings. The van der Waals surface area contributed by atoms with Gasteiger partial charge in [-0.05, 0) is 12.1 Å². The lowest BCUT2D eigenvalue weighted by atomic mass is 10.2. The zero-order valence-electron chi connectivity index (χ0n) is 7.12. The number of nitrogens with two attached hydrogens (primary N) is 1. The average molecular weight is 160 g/mol. The molecule has 0 aliphatic heterocycles. The Kier molecular flexibility index (Phi) is 2.64. The van der Waals surface area contributed by atoms with Crippen molar-refractivity contribution < 1.29 is 0 Å². The van der Waals surface area contributed by atoms with Crippen LogP contribution in [0.15, 0.2) is 29.3 Å². The minimum atomic E-state index is 0.517. The van der Waals surface area contributed by atoms with Crippen molar-refractivity contribution in [2.75, 3.05) is 0 Å². The van der Waals surface area contributed by atoms with Crippen LogP contribution in [0.3, 0.4) is 0 Å². The molecule has 0 amide bonds. The average Bonchev–Trinajstić information content (AvgIpc) is 2.05. The molecule has 12 heavy (non-hydrogen) atoms. The summed E-state index contributed by atoms with van der Waals surface area (Å²) in [5.74, 6) is 0.517. The highest BCUT2D eigenvalue weighted by atomic mass is 14.9. The van der Waals surface area contributed by atoms with Gasteiger partial charge >= 0.3 is 0 Å². The Balaban J connectivity index is 3.45. The molecule has 0 heterocycles. The molecule has 0 aliphatic carbocycles. The second-order valence-electron chi connectivity index (χ2n) is 2.43. The third-order valence-electron chi connectivity index (χ3n) is 1.56. The topological polar surface area (TPSA) is 38.4 Å². The first-order valence-electron chi connectivity index (χ1n) is 3.78. The molecule has 0 unspecified atom stereocenters. The number of hydrogen-bond acceptors (Lipinski definition) is 2. The van der Waals surface area contributed by atoms with Crippen molar-refractivity contribution in [2.45, 2.75) is 6.92 Å². The van der Waals surface area contributed by atoms with E-state index >= 15 is 0 Å². The van der Waals surface area contributed by atoms with E-state index in [4.69, 9.17) is 5.73 Å². The second kappa shape index (κ2) is 3.72. The summed E-state index contributed by atoms with van der Waals surface area (Å²) in [7, 11) is 0. The summed E-state index contributed by atoms with van der Waals surface area (Å²) >= 11 is 0. The predicted octanol–water partition coefficient (Wildman–Crippen LogP) is 0.212. The number of benzene rings is 1. The fraction of sp³-hybridized carbons (Fsp3) is 0.100. The molecular formula is C10H12N2. The zero-order valence-corrected chi connectivity index (χ0v) is 7.12. The van der Waals surface area contributed by atoms with Crippen LogP contribution in [0.25, 0.3) is 12.4 Å². The largest absolute Gasteiger partial charge is 0.383 e. The molecule has 1 aromatic rings. The lowest BCUT2D eigenvalue weighted by molar-refractivity contribution is 1.36. The summed E-state index contributed by atoms with van der Waals surface area (Å²) < 4.78 is 0. The van der Waals surface area contributed by atoms with Crippen LogP contribution in [-0.2, 0) is 0 Å². The predicted molar refractivity (Wildman–Crippen MR) is 53.0 cm³/mol. The molecule has 0 bridgehead atoms. The van der Waals surface area contributed by atoms with E-state index in [1.807, 2.05) is 31.2 Å². The van der Waals surface area contributed by atoms with Crippen molar-refractivity contribution in [1.82, 2.24) is 0 Å². The Morgan fingerprint density at radius 3 is 2.75 bits per heavy atom. The summed E-state index contributed by atoms with van der Waals surface area (Å²) in [4.78, 5) is 3.99. The van der Waals surface area contributed by atoms with E-state index in [1.54, 1.807) is 6.21 Å². The third kappa shape index (κ3) is 1.72. The zero-order chi connectivity index (χ0) is 8.97. The summed E-state index contributed by atoms with van der Waals surface area (Å²) in [6.07, 6.45) is 1.67. The number of rotatable bonds is 1. The molecule has 2 nitrogen and oxygen atoms in total. The third-order valence-corrected chi connectivity index (χ3v) is 1.56. The summed E-state index contributed by atoms with van der Waals surface area (Å²) in [5, 5.41) is 1.80. The minimum Gasteiger partial charge on any atom is -0.383 e. The van der Waals surface area contributed by atoms with Crippen LogP contribution in [0.4, 0.5) is 0 Å². The van der Waals surface area contributed by atoms with E-state index in [1.165, 1.54) is 0 Å². The molecule has 0 atom stereocenters. The molecular weight excluding hydrogens is 148 g/mol. The van der Waals surface area contributed by atoms with E-state index < -0.39 is 0 Å². The van der Waals surface area contributed by atoms with Crippen LogP contribution in [0.1, 0.15) is 6.92 Å². The SMILES string of the molecule is C=c1cccc/c1=C(N)/N=C\C. The van der Waals surface area contributed by atoms with Gasteiger partial charge in [-0.15, -0.1) is 0 Å². The first-order valence-corrected chi connectivity index (χ1v) is 3.78. The van der Waals surface area contributed by atoms with Crippen LogP contribution < -0.4 is 16.2 Å². The number of aliphatic imine (C=N–C) groups is 1. The Bertz CT molecular complexity index is 391. The summed E-state index contributed by atoms with van der Waals surface area (Å²) in [5.41, 5.74) is 5.69. The lowest BCUT2D eigenvalue weighted by Crippen LogP contribution is -2.27. The lowest BCUT2D eigenvalue weighted by Gasteiger charge is -1.92. The molecule has 0 aliphatic rings. The highest BCUT2D eigenvalue weighted by Crippen LogP contribution is 1.79. The minimum absolute atomic E-state index is 0.517. The molecule has 1 aromatic carbocycles. The molecule has 0 saturated carbocycles. The van der Waals surface area contributed by atoms with E-state index in [9.17, 15) is 0 Å². The summed E-state index contributed by atoms with van der Waals surface area (Å²) in [6.45, 7) is 5.68. The van der Waals surface area contributed by atoms with Crippen LogP contribution in [0.5, 0.6) is 0 Å². The van der Waals surface area contributed by atoms with Crippen molar-refractivity contribution >= 4 is 18.6 Å². The quantitative estimate of drug-likeness (QED) is 0.586. The highest BCUT2D eigenvalue weighted by molar-refractivity contribution is 5.61. The van der Waals surface area contributed by atoms with Gasteiger partial charge in [0, 0.05) is 11.4 Å². The van der Waals surface area contributed by atoms with E-state index in [0.717, 1.165) is 10.4 Å². The van der Waals surface area contributed by atoms with Crippen molar-refractivity contribution in [2.24, 2.45) is 10.7 Å². The Morgan fingerprint density at radius 2 is 2.17 bits per heavy atom. The fourth-order valence-corrected chi connectivity index (χ4v) is 0.979. The Morgan fingerprint density at radius 1 is 1.50 bits per heavy atom. The molecule has 0 spiro atoms. The van der Waals surface area contributed by atoms with Crippen molar-refractivity contribution in [3.05, 3.63) is 34.7 Å². The van der Waals surface area contributed by atoms with Gasteiger partial charge in [0.05, 0.1) is 0 Å². The van der Waals surface area contributed by atoms with Gasteiger partial charge in [0.2, 0.25) is 0 Å². The monoisotopic (exact) mass is 160 g/mol. The maximum atomic E-state index is 5.69. The van der Waals surface area contributed by atoms with Crippen molar-refractivity contribution in [3.63, 3.8) is 0 Å². The van der Waals surface area contributed by atoms with Gasteiger partial charge < -0.3 is 5.73 Å². The first-order chi connectivity index (χ1) is 5.75. The standard InChI is InChI=1S/C10H12N2/c1-3-12-10(11)9-7-5-4-6-8(9)2/h3-7H,2,11H2,1H3/b10-9-,12-3-. The molecule has 0 aromatic heterocycles. The molecule has 2 N–H and O–H groups in total. The van der Waals surface area contributed by atoms with Crippen LogP contribution in [-0.4, -0.2) is 6.21 Å². The smallest absolute Gasteiger partial charge is 0.130 e. The number of hydrogen-bond donors (Lipinski definition) is 1. The molecule has 62 valence electrons.